The summed E-state index contributed by atoms with van der Waals surface area (Å²) in [6.45, 7) is 4.76. The monoisotopic (exact) mass is 306 g/mol. The van der Waals surface area contributed by atoms with Crippen LogP contribution in [-0.2, 0) is 0 Å². The van der Waals surface area contributed by atoms with E-state index in [0.29, 0.717) is 12.0 Å². The lowest BCUT2D eigenvalue weighted by atomic mass is 10.1. The maximum absolute atomic E-state index is 12.8. The molecule has 4 heteroatoms. The van der Waals surface area contributed by atoms with Crippen LogP contribution in [-0.4, -0.2) is 36.5 Å². The second kappa shape index (κ2) is 6.37. The topological polar surface area (TPSA) is 32.3 Å². The fourth-order valence-electron chi connectivity index (χ4n) is 2.99. The number of aryl methyl sites for hydroxylation is 1. The van der Waals surface area contributed by atoms with Gasteiger partial charge in [-0.1, -0.05) is 11.6 Å². The molecule has 1 N–H and O–H groups in total. The summed E-state index contributed by atoms with van der Waals surface area (Å²) in [6.07, 6.45) is 4.92. The van der Waals surface area contributed by atoms with Crippen LogP contribution in [0.25, 0.3) is 0 Å². The van der Waals surface area contributed by atoms with E-state index in [-0.39, 0.29) is 5.91 Å². The smallest absolute Gasteiger partial charge is 0.253 e. The van der Waals surface area contributed by atoms with Crippen LogP contribution in [0.3, 0.4) is 0 Å². The number of nitrogens with zero attached hydrogens (tertiary/aromatic N) is 1. The Morgan fingerprint density at radius 1 is 1.33 bits per heavy atom. The van der Waals surface area contributed by atoms with E-state index in [9.17, 15) is 4.79 Å². The summed E-state index contributed by atoms with van der Waals surface area (Å²) in [6, 6.07) is 6.04. The number of benzene rings is 1. The molecule has 1 heterocycles. The van der Waals surface area contributed by atoms with Crippen LogP contribution in [0.4, 0.5) is 0 Å². The molecule has 1 unspecified atom stereocenters. The molecule has 2 aliphatic rings. The van der Waals surface area contributed by atoms with Crippen molar-refractivity contribution in [2.24, 2.45) is 5.92 Å². The predicted molar refractivity (Wildman–Crippen MR) is 85.8 cm³/mol. The van der Waals surface area contributed by atoms with Crippen molar-refractivity contribution in [2.75, 3.05) is 19.6 Å². The normalized spacial score (nSPS) is 21.5. The number of carbonyl (C=O) groups excluding carboxylic acids is 1. The number of rotatable bonds is 5. The molecule has 0 radical (unpaired) electrons. The minimum absolute atomic E-state index is 0.148. The number of halogens is 1. The van der Waals surface area contributed by atoms with Gasteiger partial charge in [0.1, 0.15) is 0 Å². The Balaban J connectivity index is 1.73. The van der Waals surface area contributed by atoms with Crippen LogP contribution in [0.15, 0.2) is 18.2 Å². The zero-order valence-corrected chi connectivity index (χ0v) is 13.3. The largest absolute Gasteiger partial charge is 0.337 e. The number of amides is 1. The van der Waals surface area contributed by atoms with Crippen LogP contribution in [0.5, 0.6) is 0 Å². The second-order valence-electron chi connectivity index (χ2n) is 6.41. The van der Waals surface area contributed by atoms with Crippen molar-refractivity contribution < 1.29 is 4.79 Å². The molecule has 0 spiro atoms. The third-order valence-corrected chi connectivity index (χ3v) is 4.89. The van der Waals surface area contributed by atoms with Crippen LogP contribution in [0.2, 0.25) is 5.02 Å². The van der Waals surface area contributed by atoms with E-state index >= 15 is 0 Å². The molecule has 2 fully saturated rings. The Bertz CT molecular complexity index is 522. The van der Waals surface area contributed by atoms with Gasteiger partial charge < -0.3 is 10.2 Å². The highest BCUT2D eigenvalue weighted by molar-refractivity contribution is 6.31. The molecule has 1 aromatic carbocycles. The molecule has 3 rings (SSSR count). The van der Waals surface area contributed by atoms with Crippen molar-refractivity contribution in [1.82, 2.24) is 10.2 Å². The highest BCUT2D eigenvalue weighted by atomic mass is 35.5. The van der Waals surface area contributed by atoms with Gasteiger partial charge in [0.15, 0.2) is 0 Å². The van der Waals surface area contributed by atoms with Crippen molar-refractivity contribution in [1.29, 1.82) is 0 Å². The highest BCUT2D eigenvalue weighted by Crippen LogP contribution is 2.30. The van der Waals surface area contributed by atoms with Crippen LogP contribution in [0, 0.1) is 12.8 Å². The van der Waals surface area contributed by atoms with E-state index in [4.69, 9.17) is 11.6 Å². The average Bonchev–Trinajstić information content (AvgIpc) is 3.14. The molecular formula is C17H23ClN2O. The Morgan fingerprint density at radius 2 is 2.14 bits per heavy atom. The minimum atomic E-state index is 0.148. The van der Waals surface area contributed by atoms with Gasteiger partial charge in [0, 0.05) is 29.7 Å². The molecule has 3 nitrogen and oxygen atoms in total. The van der Waals surface area contributed by atoms with Crippen molar-refractivity contribution in [3.8, 4) is 0 Å². The first kappa shape index (κ1) is 14.9. The summed E-state index contributed by atoms with van der Waals surface area (Å²) in [5, 5.41) is 4.21. The number of nitrogens with one attached hydrogen (secondary N) is 1. The molecule has 1 saturated carbocycles. The molecule has 1 atom stereocenters. The Kier molecular flexibility index (Phi) is 4.51. The SMILES string of the molecule is Cc1cc(C(=O)N(CC2CC2)CC2CCCN2)ccc1Cl. The maximum atomic E-state index is 12.8. The van der Waals surface area contributed by atoms with Gasteiger partial charge in [-0.25, -0.2) is 0 Å². The number of carbonyl (C=O) groups is 1. The number of hydrogen-bond donors (Lipinski definition) is 1. The zero-order chi connectivity index (χ0) is 14.8. The predicted octanol–water partition coefficient (Wildman–Crippen LogP) is 3.25. The fourth-order valence-corrected chi connectivity index (χ4v) is 3.11. The number of hydrogen-bond acceptors (Lipinski definition) is 2. The van der Waals surface area contributed by atoms with E-state index in [1.54, 1.807) is 0 Å². The van der Waals surface area contributed by atoms with Gasteiger partial charge >= 0.3 is 0 Å². The van der Waals surface area contributed by atoms with Gasteiger partial charge in [-0.2, -0.15) is 0 Å². The van der Waals surface area contributed by atoms with Crippen LogP contribution < -0.4 is 5.32 Å². The molecular weight excluding hydrogens is 284 g/mol. The van der Waals surface area contributed by atoms with Crippen molar-refractivity contribution in [3.05, 3.63) is 34.3 Å². The van der Waals surface area contributed by atoms with Gasteiger partial charge in [-0.3, -0.25) is 4.79 Å². The zero-order valence-electron chi connectivity index (χ0n) is 12.6. The lowest BCUT2D eigenvalue weighted by Gasteiger charge is -2.26. The first-order valence-electron chi connectivity index (χ1n) is 7.92. The standard InChI is InChI=1S/C17H23ClN2O/c1-12-9-14(6-7-16(12)18)17(21)20(10-13-4-5-13)11-15-3-2-8-19-15/h6-7,9,13,15,19H,2-5,8,10-11H2,1H3. The maximum Gasteiger partial charge on any atom is 0.253 e. The Hall–Kier alpha value is -1.06. The third-order valence-electron chi connectivity index (χ3n) is 4.47. The lowest BCUT2D eigenvalue weighted by molar-refractivity contribution is 0.0733. The van der Waals surface area contributed by atoms with Gasteiger partial charge in [-0.15, -0.1) is 0 Å². The fraction of sp³-hybridized carbons (Fsp3) is 0.588. The molecule has 1 saturated heterocycles. The summed E-state index contributed by atoms with van der Waals surface area (Å²) >= 11 is 6.06. The molecule has 1 aliphatic carbocycles. The first-order chi connectivity index (χ1) is 10.1. The molecule has 21 heavy (non-hydrogen) atoms. The third kappa shape index (κ3) is 3.78. The van der Waals surface area contributed by atoms with Gasteiger partial charge in [-0.05, 0) is 68.8 Å². The summed E-state index contributed by atoms with van der Waals surface area (Å²) in [5.41, 5.74) is 1.73. The van der Waals surface area contributed by atoms with E-state index in [1.165, 1.54) is 25.7 Å². The van der Waals surface area contributed by atoms with Gasteiger partial charge in [0.05, 0.1) is 0 Å². The summed E-state index contributed by atoms with van der Waals surface area (Å²) in [4.78, 5) is 14.9. The summed E-state index contributed by atoms with van der Waals surface area (Å²) in [5.74, 6) is 0.860. The van der Waals surface area contributed by atoms with E-state index in [2.05, 4.69) is 5.32 Å². The van der Waals surface area contributed by atoms with Crippen LogP contribution >= 0.6 is 11.6 Å². The van der Waals surface area contributed by atoms with E-state index in [0.717, 1.165) is 35.8 Å². The Morgan fingerprint density at radius 3 is 2.76 bits per heavy atom. The van der Waals surface area contributed by atoms with Crippen molar-refractivity contribution >= 4 is 17.5 Å². The van der Waals surface area contributed by atoms with Crippen molar-refractivity contribution in [2.45, 2.75) is 38.6 Å². The highest BCUT2D eigenvalue weighted by Gasteiger charge is 2.29. The van der Waals surface area contributed by atoms with Gasteiger partial charge in [0.2, 0.25) is 0 Å². The average molecular weight is 307 g/mol. The summed E-state index contributed by atoms with van der Waals surface area (Å²) in [7, 11) is 0. The van der Waals surface area contributed by atoms with Crippen LogP contribution in [0.1, 0.15) is 41.6 Å². The molecule has 1 aliphatic heterocycles. The molecule has 0 bridgehead atoms. The molecule has 1 amide bonds. The Labute approximate surface area is 131 Å². The van der Waals surface area contributed by atoms with E-state index < -0.39 is 0 Å². The summed E-state index contributed by atoms with van der Waals surface area (Å²) < 4.78 is 0. The van der Waals surface area contributed by atoms with E-state index in [1.807, 2.05) is 30.0 Å². The molecule has 0 aromatic heterocycles. The lowest BCUT2D eigenvalue weighted by Crippen LogP contribution is -2.42. The minimum Gasteiger partial charge on any atom is -0.337 e. The molecule has 114 valence electrons. The first-order valence-corrected chi connectivity index (χ1v) is 8.30. The van der Waals surface area contributed by atoms with Gasteiger partial charge in [0.25, 0.3) is 5.91 Å². The quantitative estimate of drug-likeness (QED) is 0.905. The van der Waals surface area contributed by atoms with Crippen molar-refractivity contribution in [3.63, 3.8) is 0 Å². The second-order valence-corrected chi connectivity index (χ2v) is 6.82. The molecule has 1 aromatic rings.